The topological polar surface area (TPSA) is 38.3 Å². The molecule has 3 nitrogen and oxygen atoms in total. The summed E-state index contributed by atoms with van der Waals surface area (Å²) in [7, 11) is 1.61. The minimum atomic E-state index is -0.198. The molecule has 0 saturated carbocycles. The maximum atomic E-state index is 12.5. The molecule has 5 heteroatoms. The van der Waals surface area contributed by atoms with E-state index in [0.29, 0.717) is 9.90 Å². The number of halogens is 1. The van der Waals surface area contributed by atoms with Crippen LogP contribution in [0.3, 0.4) is 0 Å². The number of ether oxygens (including phenoxy) is 1. The molecular weight excluding hydrogens is 318 g/mol. The Morgan fingerprint density at radius 2 is 2.05 bits per heavy atom. The third-order valence-corrected chi connectivity index (χ3v) is 4.97. The monoisotopic (exact) mass is 331 g/mol. The summed E-state index contributed by atoms with van der Waals surface area (Å²) >= 11 is 7.71. The van der Waals surface area contributed by atoms with Gasteiger partial charge in [0.1, 0.15) is 10.6 Å². The van der Waals surface area contributed by atoms with E-state index in [0.717, 1.165) is 27.1 Å². The van der Waals surface area contributed by atoms with Crippen LogP contribution in [0, 0.1) is 6.92 Å². The average Bonchev–Trinajstić information content (AvgIpc) is 2.84. The fourth-order valence-electron chi connectivity index (χ4n) is 2.23. The number of benzene rings is 2. The van der Waals surface area contributed by atoms with Crippen molar-refractivity contribution >= 4 is 44.6 Å². The van der Waals surface area contributed by atoms with Gasteiger partial charge in [-0.15, -0.1) is 11.3 Å². The van der Waals surface area contributed by atoms with Crippen molar-refractivity contribution in [2.45, 2.75) is 6.92 Å². The molecule has 0 bridgehead atoms. The molecule has 2 aromatic carbocycles. The lowest BCUT2D eigenvalue weighted by molar-refractivity contribution is 0.103. The molecular formula is C17H14ClNO2S. The van der Waals surface area contributed by atoms with Crippen molar-refractivity contribution < 1.29 is 9.53 Å². The zero-order valence-corrected chi connectivity index (χ0v) is 13.7. The van der Waals surface area contributed by atoms with Gasteiger partial charge >= 0.3 is 0 Å². The number of anilines is 1. The zero-order valence-electron chi connectivity index (χ0n) is 12.1. The van der Waals surface area contributed by atoms with Crippen molar-refractivity contribution in [2.24, 2.45) is 0 Å². The third kappa shape index (κ3) is 2.80. The first-order valence-corrected chi connectivity index (χ1v) is 7.92. The Morgan fingerprint density at radius 1 is 1.23 bits per heavy atom. The van der Waals surface area contributed by atoms with E-state index >= 15 is 0 Å². The van der Waals surface area contributed by atoms with Crippen molar-refractivity contribution in [2.75, 3.05) is 12.4 Å². The Labute approximate surface area is 137 Å². The Balaban J connectivity index is 1.95. The third-order valence-electron chi connectivity index (χ3n) is 3.32. The Hall–Kier alpha value is -2.04. The number of thiophene rings is 1. The molecule has 0 aliphatic rings. The second kappa shape index (κ2) is 5.99. The van der Waals surface area contributed by atoms with E-state index < -0.39 is 0 Å². The van der Waals surface area contributed by atoms with Crippen LogP contribution in [-0.4, -0.2) is 13.0 Å². The second-order valence-corrected chi connectivity index (χ2v) is 6.36. The second-order valence-electron chi connectivity index (χ2n) is 4.93. The van der Waals surface area contributed by atoms with Gasteiger partial charge in [-0.3, -0.25) is 4.79 Å². The van der Waals surface area contributed by atoms with Crippen LogP contribution in [0.4, 0.5) is 5.69 Å². The first-order chi connectivity index (χ1) is 10.6. The van der Waals surface area contributed by atoms with Crippen LogP contribution in [0.5, 0.6) is 5.75 Å². The molecule has 3 rings (SSSR count). The summed E-state index contributed by atoms with van der Waals surface area (Å²) in [5.41, 5.74) is 1.85. The number of nitrogens with one attached hydrogen (secondary N) is 1. The van der Waals surface area contributed by atoms with Crippen LogP contribution in [0.15, 0.2) is 42.5 Å². The van der Waals surface area contributed by atoms with Gasteiger partial charge in [-0.2, -0.15) is 0 Å². The van der Waals surface area contributed by atoms with E-state index in [-0.39, 0.29) is 5.91 Å². The molecule has 1 heterocycles. The lowest BCUT2D eigenvalue weighted by Crippen LogP contribution is -2.10. The van der Waals surface area contributed by atoms with Gasteiger partial charge in [0.25, 0.3) is 5.91 Å². The van der Waals surface area contributed by atoms with Crippen LogP contribution in [-0.2, 0) is 0 Å². The summed E-state index contributed by atoms with van der Waals surface area (Å²) in [5, 5.41) is 4.23. The number of aryl methyl sites for hydroxylation is 1. The van der Waals surface area contributed by atoms with E-state index in [9.17, 15) is 4.79 Å². The fourth-order valence-corrected chi connectivity index (χ4v) is 3.67. The standard InChI is InChI=1S/C17H14ClNO2S/c1-10-4-3-5-11(8-10)19-17(20)16-15(18)13-7-6-12(21-2)9-14(13)22-16/h3-9H,1-2H3,(H,19,20). The van der Waals surface area contributed by atoms with E-state index in [1.165, 1.54) is 11.3 Å². The van der Waals surface area contributed by atoms with E-state index in [2.05, 4.69) is 5.32 Å². The quantitative estimate of drug-likeness (QED) is 0.723. The maximum Gasteiger partial charge on any atom is 0.267 e. The molecule has 0 saturated heterocycles. The van der Waals surface area contributed by atoms with Crippen LogP contribution >= 0.6 is 22.9 Å². The van der Waals surface area contributed by atoms with Gasteiger partial charge in [0.2, 0.25) is 0 Å². The van der Waals surface area contributed by atoms with Gasteiger partial charge in [-0.25, -0.2) is 0 Å². The first-order valence-electron chi connectivity index (χ1n) is 6.72. The number of carbonyl (C=O) groups is 1. The molecule has 0 atom stereocenters. The molecule has 0 unspecified atom stereocenters. The SMILES string of the molecule is COc1ccc2c(Cl)c(C(=O)Nc3cccc(C)c3)sc2c1. The van der Waals surface area contributed by atoms with Crippen molar-refractivity contribution in [1.82, 2.24) is 0 Å². The van der Waals surface area contributed by atoms with Crippen molar-refractivity contribution in [3.05, 3.63) is 57.9 Å². The molecule has 0 aliphatic heterocycles. The predicted molar refractivity (Wildman–Crippen MR) is 92.5 cm³/mol. The van der Waals surface area contributed by atoms with Gasteiger partial charge in [0.15, 0.2) is 0 Å². The van der Waals surface area contributed by atoms with Crippen molar-refractivity contribution in [3.8, 4) is 5.75 Å². The Kier molecular flexibility index (Phi) is 4.05. The predicted octanol–water partition coefficient (Wildman–Crippen LogP) is 5.12. The molecule has 3 aromatic rings. The van der Waals surface area contributed by atoms with E-state index in [4.69, 9.17) is 16.3 Å². The highest BCUT2D eigenvalue weighted by atomic mass is 35.5. The number of methoxy groups -OCH3 is 1. The largest absolute Gasteiger partial charge is 0.497 e. The van der Waals surface area contributed by atoms with E-state index in [1.54, 1.807) is 7.11 Å². The smallest absolute Gasteiger partial charge is 0.267 e. The van der Waals surface area contributed by atoms with Crippen LogP contribution in [0.25, 0.3) is 10.1 Å². The lowest BCUT2D eigenvalue weighted by atomic mass is 10.2. The van der Waals surface area contributed by atoms with Crippen LogP contribution in [0.2, 0.25) is 5.02 Å². The number of carbonyl (C=O) groups excluding carboxylic acids is 1. The number of amides is 1. The lowest BCUT2D eigenvalue weighted by Gasteiger charge is -2.04. The number of hydrogen-bond acceptors (Lipinski definition) is 3. The molecule has 1 amide bonds. The molecule has 1 N–H and O–H groups in total. The summed E-state index contributed by atoms with van der Waals surface area (Å²) in [6.45, 7) is 1.98. The summed E-state index contributed by atoms with van der Waals surface area (Å²) in [5.74, 6) is 0.548. The first kappa shape index (κ1) is 14.9. The summed E-state index contributed by atoms with van der Waals surface area (Å²) in [6, 6.07) is 13.3. The Bertz CT molecular complexity index is 857. The normalized spacial score (nSPS) is 10.7. The van der Waals surface area contributed by atoms with Crippen molar-refractivity contribution in [1.29, 1.82) is 0 Å². The van der Waals surface area contributed by atoms with Crippen LogP contribution < -0.4 is 10.1 Å². The molecule has 1 aromatic heterocycles. The minimum Gasteiger partial charge on any atom is -0.497 e. The summed E-state index contributed by atoms with van der Waals surface area (Å²) < 4.78 is 6.13. The molecule has 0 fully saturated rings. The van der Waals surface area contributed by atoms with Gasteiger partial charge in [-0.1, -0.05) is 23.7 Å². The summed E-state index contributed by atoms with van der Waals surface area (Å²) in [4.78, 5) is 13.0. The number of fused-ring (bicyclic) bond motifs is 1. The highest BCUT2D eigenvalue weighted by Gasteiger charge is 2.17. The fraction of sp³-hybridized carbons (Fsp3) is 0.118. The minimum absolute atomic E-state index is 0.198. The Morgan fingerprint density at radius 3 is 2.77 bits per heavy atom. The van der Waals surface area contributed by atoms with Crippen LogP contribution in [0.1, 0.15) is 15.2 Å². The molecule has 112 valence electrons. The highest BCUT2D eigenvalue weighted by Crippen LogP contribution is 2.37. The molecule has 0 radical (unpaired) electrons. The van der Waals surface area contributed by atoms with Gasteiger partial charge in [0.05, 0.1) is 12.1 Å². The number of hydrogen-bond donors (Lipinski definition) is 1. The molecule has 22 heavy (non-hydrogen) atoms. The zero-order chi connectivity index (χ0) is 15.7. The molecule has 0 spiro atoms. The van der Waals surface area contributed by atoms with Gasteiger partial charge in [0, 0.05) is 15.8 Å². The van der Waals surface area contributed by atoms with Gasteiger partial charge < -0.3 is 10.1 Å². The van der Waals surface area contributed by atoms with Gasteiger partial charge in [-0.05, 0) is 42.8 Å². The average molecular weight is 332 g/mol. The highest BCUT2D eigenvalue weighted by molar-refractivity contribution is 7.21. The maximum absolute atomic E-state index is 12.5. The number of rotatable bonds is 3. The molecule has 0 aliphatic carbocycles. The summed E-state index contributed by atoms with van der Waals surface area (Å²) in [6.07, 6.45) is 0. The van der Waals surface area contributed by atoms with E-state index in [1.807, 2.05) is 49.4 Å². The van der Waals surface area contributed by atoms with Crippen molar-refractivity contribution in [3.63, 3.8) is 0 Å².